The summed E-state index contributed by atoms with van der Waals surface area (Å²) in [6.45, 7) is 13.1. The molecule has 3 fully saturated rings. The molecule has 0 saturated carbocycles. The summed E-state index contributed by atoms with van der Waals surface area (Å²) in [6, 6.07) is -2.23. The summed E-state index contributed by atoms with van der Waals surface area (Å²) < 4.78 is 40.1. The number of fused-ring (bicyclic) bond motifs is 3. The van der Waals surface area contributed by atoms with Crippen molar-refractivity contribution in [2.45, 2.75) is 122 Å². The topological polar surface area (TPSA) is 169 Å². The number of amides is 3. The second-order valence-corrected chi connectivity index (χ2v) is 11.7. The van der Waals surface area contributed by atoms with Crippen LogP contribution in [0.3, 0.4) is 0 Å². The van der Waals surface area contributed by atoms with Crippen LogP contribution in [0.2, 0.25) is 0 Å². The van der Waals surface area contributed by atoms with Crippen LogP contribution in [0.15, 0.2) is 0 Å². The third-order valence-corrected chi connectivity index (χ3v) is 6.11. The quantitative estimate of drug-likeness (QED) is 0.353. The van der Waals surface area contributed by atoms with E-state index in [0.717, 1.165) is 0 Å². The summed E-state index contributed by atoms with van der Waals surface area (Å²) in [5.41, 5.74) is -0.763. The van der Waals surface area contributed by atoms with E-state index in [-0.39, 0.29) is 6.42 Å². The molecule has 14 nitrogen and oxygen atoms in total. The van der Waals surface area contributed by atoms with E-state index in [9.17, 15) is 19.2 Å². The smallest absolute Gasteiger partial charge is 0.408 e. The van der Waals surface area contributed by atoms with Gasteiger partial charge in [-0.2, -0.15) is 0 Å². The largest absolute Gasteiger partial charge is 0.468 e. The molecule has 0 spiro atoms. The van der Waals surface area contributed by atoms with Crippen molar-refractivity contribution in [1.29, 1.82) is 0 Å². The molecule has 0 aromatic heterocycles. The highest BCUT2D eigenvalue weighted by atomic mass is 16.9. The van der Waals surface area contributed by atoms with E-state index in [1.807, 2.05) is 0 Å². The Kier molecular flexibility index (Phi) is 9.17. The summed E-state index contributed by atoms with van der Waals surface area (Å²) in [6.07, 6.45) is -4.20. The highest BCUT2D eigenvalue weighted by Crippen LogP contribution is 2.44. The van der Waals surface area contributed by atoms with Gasteiger partial charge in [0.05, 0.1) is 13.2 Å². The summed E-state index contributed by atoms with van der Waals surface area (Å²) >= 11 is 0. The molecule has 3 aliphatic rings. The molecule has 0 bridgehead atoms. The molecule has 3 aliphatic heterocycles. The molecule has 7 atom stereocenters. The molecular formula is C25H41N3O11. The standard InChI is InChI=1S/C25H41N3O11/c1-12(27-22(32)39-23(2,3)4)19(30)28-13(20(31)26-11-15(29)33-9)10-14-16-17(36-24(5,6)35-16)18-21(34-14)38-25(7,8)37-18/h12-14,16-18,21H,10-11H2,1-9H3,(H,26,31)(H,27,32)(H,28,30)/t12-,13-,14+,16-,17-,18+,21+/m0/s1. The molecule has 3 rings (SSSR count). The molecule has 3 N–H and O–H groups in total. The number of nitrogens with one attached hydrogen (secondary N) is 3. The van der Waals surface area contributed by atoms with Crippen molar-refractivity contribution >= 4 is 23.9 Å². The van der Waals surface area contributed by atoms with Gasteiger partial charge in [-0.15, -0.1) is 0 Å². The molecule has 39 heavy (non-hydrogen) atoms. The SMILES string of the molecule is COC(=O)CNC(=O)[C@H](C[C@H]1O[C@@H]2OC(C)(C)O[C@@H]2[C@H]2OC(C)(C)O[C@H]21)NC(=O)[C@H](C)NC(=O)OC(C)(C)C. The lowest BCUT2D eigenvalue weighted by atomic mass is 9.94. The summed E-state index contributed by atoms with van der Waals surface area (Å²) in [4.78, 5) is 49.9. The fraction of sp³-hybridized carbons (Fsp3) is 0.840. The van der Waals surface area contributed by atoms with Gasteiger partial charge in [0, 0.05) is 6.42 Å². The molecule has 3 saturated heterocycles. The van der Waals surface area contributed by atoms with E-state index < -0.39 is 90.4 Å². The van der Waals surface area contributed by atoms with Gasteiger partial charge < -0.3 is 49.1 Å². The Labute approximate surface area is 228 Å². The van der Waals surface area contributed by atoms with Crippen molar-refractivity contribution < 1.29 is 52.3 Å². The number of ether oxygens (including phenoxy) is 7. The van der Waals surface area contributed by atoms with Gasteiger partial charge in [0.1, 0.15) is 42.5 Å². The zero-order valence-electron chi connectivity index (χ0n) is 23.9. The second-order valence-electron chi connectivity index (χ2n) is 11.7. The van der Waals surface area contributed by atoms with Gasteiger partial charge >= 0.3 is 12.1 Å². The third kappa shape index (κ3) is 8.24. The first-order valence-electron chi connectivity index (χ1n) is 12.9. The van der Waals surface area contributed by atoms with E-state index in [1.165, 1.54) is 14.0 Å². The Balaban J connectivity index is 1.77. The van der Waals surface area contributed by atoms with Gasteiger partial charge in [-0.05, 0) is 55.4 Å². The Morgan fingerprint density at radius 1 is 0.872 bits per heavy atom. The number of hydrogen-bond acceptors (Lipinski definition) is 11. The number of carbonyl (C=O) groups excluding carboxylic acids is 4. The molecule has 14 heteroatoms. The van der Waals surface area contributed by atoms with Crippen molar-refractivity contribution in [3.05, 3.63) is 0 Å². The maximum atomic E-state index is 13.1. The normalized spacial score (nSPS) is 30.2. The van der Waals surface area contributed by atoms with Gasteiger partial charge in [0.15, 0.2) is 17.9 Å². The van der Waals surface area contributed by atoms with Crippen molar-refractivity contribution in [3.8, 4) is 0 Å². The molecule has 3 amide bonds. The lowest BCUT2D eigenvalue weighted by molar-refractivity contribution is -0.235. The lowest BCUT2D eigenvalue weighted by Crippen LogP contribution is -2.59. The average molecular weight is 560 g/mol. The highest BCUT2D eigenvalue weighted by Gasteiger charge is 2.61. The van der Waals surface area contributed by atoms with E-state index >= 15 is 0 Å². The number of alkyl carbamates (subject to hydrolysis) is 1. The highest BCUT2D eigenvalue weighted by molar-refractivity contribution is 5.92. The van der Waals surface area contributed by atoms with Gasteiger partial charge in [-0.1, -0.05) is 0 Å². The predicted octanol–water partition coefficient (Wildman–Crippen LogP) is 0.460. The Morgan fingerprint density at radius 2 is 1.46 bits per heavy atom. The van der Waals surface area contributed by atoms with Crippen LogP contribution in [0, 0.1) is 0 Å². The first-order valence-corrected chi connectivity index (χ1v) is 12.9. The number of hydrogen-bond donors (Lipinski definition) is 3. The number of carbonyl (C=O) groups is 4. The summed E-state index contributed by atoms with van der Waals surface area (Å²) in [5.74, 6) is -3.88. The van der Waals surface area contributed by atoms with Gasteiger partial charge in [-0.25, -0.2) is 4.79 Å². The monoisotopic (exact) mass is 559 g/mol. The third-order valence-electron chi connectivity index (χ3n) is 6.11. The second kappa shape index (κ2) is 11.5. The first-order chi connectivity index (χ1) is 17.9. The van der Waals surface area contributed by atoms with Crippen LogP contribution in [0.25, 0.3) is 0 Å². The van der Waals surface area contributed by atoms with Crippen LogP contribution in [0.4, 0.5) is 4.79 Å². The minimum absolute atomic E-state index is 0.0640. The fourth-order valence-electron chi connectivity index (χ4n) is 4.55. The maximum Gasteiger partial charge on any atom is 0.408 e. The lowest BCUT2D eigenvalue weighted by Gasteiger charge is -2.38. The average Bonchev–Trinajstić information content (AvgIpc) is 3.29. The van der Waals surface area contributed by atoms with Crippen LogP contribution in [-0.2, 0) is 47.5 Å². The van der Waals surface area contributed by atoms with E-state index in [0.29, 0.717) is 0 Å². The van der Waals surface area contributed by atoms with Crippen molar-refractivity contribution in [2.75, 3.05) is 13.7 Å². The van der Waals surface area contributed by atoms with Crippen LogP contribution < -0.4 is 16.0 Å². The van der Waals surface area contributed by atoms with Crippen LogP contribution >= 0.6 is 0 Å². The van der Waals surface area contributed by atoms with Crippen LogP contribution in [0.5, 0.6) is 0 Å². The van der Waals surface area contributed by atoms with E-state index in [1.54, 1.807) is 48.5 Å². The van der Waals surface area contributed by atoms with Crippen LogP contribution in [0.1, 0.15) is 61.8 Å². The molecule has 222 valence electrons. The molecule has 0 radical (unpaired) electrons. The zero-order valence-corrected chi connectivity index (χ0v) is 23.9. The summed E-state index contributed by atoms with van der Waals surface area (Å²) in [5, 5.41) is 7.52. The fourth-order valence-corrected chi connectivity index (χ4v) is 4.55. The molecule has 3 heterocycles. The molecule has 0 aliphatic carbocycles. The minimum atomic E-state index is -1.19. The Bertz CT molecular complexity index is 948. The van der Waals surface area contributed by atoms with Crippen molar-refractivity contribution in [1.82, 2.24) is 16.0 Å². The minimum Gasteiger partial charge on any atom is -0.468 e. The van der Waals surface area contributed by atoms with Crippen molar-refractivity contribution in [3.63, 3.8) is 0 Å². The summed E-state index contributed by atoms with van der Waals surface area (Å²) in [7, 11) is 1.19. The van der Waals surface area contributed by atoms with Gasteiger partial charge in [-0.3, -0.25) is 14.4 Å². The number of esters is 1. The number of rotatable bonds is 8. The molecular weight excluding hydrogens is 518 g/mol. The molecule has 0 unspecified atom stereocenters. The first kappa shape index (κ1) is 31.0. The van der Waals surface area contributed by atoms with Gasteiger partial charge in [0.25, 0.3) is 0 Å². The zero-order chi connectivity index (χ0) is 29.3. The van der Waals surface area contributed by atoms with Gasteiger partial charge in [0.2, 0.25) is 11.8 Å². The van der Waals surface area contributed by atoms with Crippen molar-refractivity contribution in [2.24, 2.45) is 0 Å². The Hall–Kier alpha value is -2.52. The van der Waals surface area contributed by atoms with E-state index in [2.05, 4.69) is 20.7 Å². The Morgan fingerprint density at radius 3 is 2.08 bits per heavy atom. The van der Waals surface area contributed by atoms with Crippen LogP contribution in [-0.4, -0.2) is 97.5 Å². The molecule has 0 aromatic carbocycles. The number of methoxy groups -OCH3 is 1. The predicted molar refractivity (Wildman–Crippen MR) is 133 cm³/mol. The molecule has 0 aromatic rings. The maximum absolute atomic E-state index is 13.1. The van der Waals surface area contributed by atoms with E-state index in [4.69, 9.17) is 28.4 Å².